The van der Waals surface area contributed by atoms with Crippen LogP contribution in [0.3, 0.4) is 0 Å². The highest BCUT2D eigenvalue weighted by Gasteiger charge is 2.20. The number of nitrogens with zero attached hydrogens (tertiary/aromatic N) is 5. The first-order valence-corrected chi connectivity index (χ1v) is 8.27. The van der Waals surface area contributed by atoms with Crippen molar-refractivity contribution in [1.29, 1.82) is 0 Å². The van der Waals surface area contributed by atoms with E-state index in [1.54, 1.807) is 4.90 Å². The van der Waals surface area contributed by atoms with E-state index in [4.69, 9.17) is 0 Å². The van der Waals surface area contributed by atoms with Gasteiger partial charge in [-0.15, -0.1) is 10.2 Å². The fourth-order valence-electron chi connectivity index (χ4n) is 2.76. The minimum absolute atomic E-state index is 0.0364. The second kappa shape index (κ2) is 7.25. The molecule has 6 nitrogen and oxygen atoms in total. The third kappa shape index (κ3) is 3.74. The van der Waals surface area contributed by atoms with Gasteiger partial charge in [0.25, 0.3) is 5.91 Å². The first-order valence-electron chi connectivity index (χ1n) is 8.27. The highest BCUT2D eigenvalue weighted by Crippen LogP contribution is 2.19. The molecular formula is C19H21N5O. The number of hydrogen-bond donors (Lipinski definition) is 0. The minimum atomic E-state index is -0.0741. The smallest absolute Gasteiger partial charge is 0.250 e. The lowest BCUT2D eigenvalue weighted by Gasteiger charge is -2.26. The van der Waals surface area contributed by atoms with Gasteiger partial charge in [-0.3, -0.25) is 4.79 Å². The van der Waals surface area contributed by atoms with Crippen LogP contribution in [-0.2, 0) is 11.3 Å². The zero-order valence-electron chi connectivity index (χ0n) is 14.6. The summed E-state index contributed by atoms with van der Waals surface area (Å²) in [5.74, 6) is 0.455. The van der Waals surface area contributed by atoms with Gasteiger partial charge in [0.15, 0.2) is 0 Å². The van der Waals surface area contributed by atoms with Crippen LogP contribution in [0.15, 0.2) is 54.6 Å². The number of benzene rings is 2. The van der Waals surface area contributed by atoms with Gasteiger partial charge in [0.2, 0.25) is 5.82 Å². The molecule has 0 spiro atoms. The molecule has 1 heterocycles. The molecule has 0 fully saturated rings. The molecule has 0 radical (unpaired) electrons. The van der Waals surface area contributed by atoms with Gasteiger partial charge >= 0.3 is 0 Å². The summed E-state index contributed by atoms with van der Waals surface area (Å²) in [6, 6.07) is 17.5. The summed E-state index contributed by atoms with van der Waals surface area (Å²) in [7, 11) is 0. The van der Waals surface area contributed by atoms with Crippen molar-refractivity contribution in [2.24, 2.45) is 0 Å². The van der Waals surface area contributed by atoms with Crippen molar-refractivity contribution in [3.05, 3.63) is 60.2 Å². The lowest BCUT2D eigenvalue weighted by Crippen LogP contribution is -2.39. The average Bonchev–Trinajstić information content (AvgIpc) is 3.04. The van der Waals surface area contributed by atoms with Crippen LogP contribution in [0, 0.1) is 6.92 Å². The number of tetrazole rings is 1. The van der Waals surface area contributed by atoms with Crippen molar-refractivity contribution in [3.8, 4) is 11.4 Å². The van der Waals surface area contributed by atoms with E-state index in [2.05, 4.69) is 15.4 Å². The summed E-state index contributed by atoms with van der Waals surface area (Å²) >= 11 is 0. The van der Waals surface area contributed by atoms with Crippen molar-refractivity contribution in [3.63, 3.8) is 0 Å². The number of carbonyl (C=O) groups is 1. The van der Waals surface area contributed by atoms with E-state index in [1.165, 1.54) is 4.80 Å². The van der Waals surface area contributed by atoms with Crippen molar-refractivity contribution >= 4 is 11.6 Å². The predicted molar refractivity (Wildman–Crippen MR) is 97.1 cm³/mol. The Hall–Kier alpha value is -3.02. The first-order chi connectivity index (χ1) is 12.1. The van der Waals surface area contributed by atoms with E-state index in [1.807, 2.05) is 75.4 Å². The molecule has 0 saturated heterocycles. The summed E-state index contributed by atoms with van der Waals surface area (Å²) in [6.07, 6.45) is 0. The highest BCUT2D eigenvalue weighted by atomic mass is 16.2. The summed E-state index contributed by atoms with van der Waals surface area (Å²) in [5.41, 5.74) is 2.85. The van der Waals surface area contributed by atoms with Crippen LogP contribution in [-0.4, -0.2) is 32.2 Å². The number of aromatic nitrogens is 4. The Balaban J connectivity index is 1.80. The molecule has 1 amide bonds. The monoisotopic (exact) mass is 335 g/mol. The van der Waals surface area contributed by atoms with E-state index in [0.29, 0.717) is 5.82 Å². The Morgan fingerprint density at radius 2 is 1.76 bits per heavy atom. The van der Waals surface area contributed by atoms with Gasteiger partial charge in [-0.2, -0.15) is 4.80 Å². The third-order valence-electron chi connectivity index (χ3n) is 3.93. The molecule has 0 aliphatic rings. The Morgan fingerprint density at radius 3 is 2.44 bits per heavy atom. The SMILES string of the molecule is Cc1ccccc1-c1nnn(CC(=O)N(c2ccccc2)C(C)C)n1. The Kier molecular flexibility index (Phi) is 4.88. The molecule has 128 valence electrons. The van der Waals surface area contributed by atoms with Gasteiger partial charge in [-0.1, -0.05) is 42.5 Å². The molecule has 0 N–H and O–H groups in total. The van der Waals surface area contributed by atoms with Crippen LogP contribution in [0.1, 0.15) is 19.4 Å². The van der Waals surface area contributed by atoms with Crippen LogP contribution in [0.25, 0.3) is 11.4 Å². The predicted octanol–water partition coefficient (Wildman–Crippen LogP) is 3.09. The van der Waals surface area contributed by atoms with Crippen molar-refractivity contribution in [2.45, 2.75) is 33.4 Å². The Morgan fingerprint density at radius 1 is 1.08 bits per heavy atom. The van der Waals surface area contributed by atoms with E-state index in [9.17, 15) is 4.79 Å². The van der Waals surface area contributed by atoms with E-state index >= 15 is 0 Å². The largest absolute Gasteiger partial charge is 0.308 e. The third-order valence-corrected chi connectivity index (χ3v) is 3.93. The molecule has 0 aliphatic carbocycles. The maximum absolute atomic E-state index is 12.8. The maximum atomic E-state index is 12.8. The molecule has 0 saturated carbocycles. The normalized spacial score (nSPS) is 10.9. The number of para-hydroxylation sites is 1. The summed E-state index contributed by atoms with van der Waals surface area (Å²) in [5, 5.41) is 12.5. The number of aryl methyl sites for hydroxylation is 1. The number of rotatable bonds is 5. The lowest BCUT2D eigenvalue weighted by molar-refractivity contribution is -0.119. The quantitative estimate of drug-likeness (QED) is 0.719. The van der Waals surface area contributed by atoms with Gasteiger partial charge in [0.05, 0.1) is 0 Å². The summed E-state index contributed by atoms with van der Waals surface area (Å²) < 4.78 is 0. The van der Waals surface area contributed by atoms with Gasteiger partial charge in [-0.25, -0.2) is 0 Å². The maximum Gasteiger partial charge on any atom is 0.250 e. The second-order valence-corrected chi connectivity index (χ2v) is 6.15. The topological polar surface area (TPSA) is 63.9 Å². The highest BCUT2D eigenvalue weighted by molar-refractivity contribution is 5.93. The van der Waals surface area contributed by atoms with Crippen molar-refractivity contribution in [2.75, 3.05) is 4.90 Å². The molecule has 6 heteroatoms. The molecule has 2 aromatic carbocycles. The second-order valence-electron chi connectivity index (χ2n) is 6.15. The zero-order chi connectivity index (χ0) is 17.8. The number of anilines is 1. The van der Waals surface area contributed by atoms with E-state index < -0.39 is 0 Å². The van der Waals surface area contributed by atoms with E-state index in [0.717, 1.165) is 16.8 Å². The van der Waals surface area contributed by atoms with Gasteiger partial charge in [0.1, 0.15) is 6.54 Å². The number of amides is 1. The molecular weight excluding hydrogens is 314 g/mol. The standard InChI is InChI=1S/C19H21N5O/c1-14(2)24(16-10-5-4-6-11-16)18(25)13-23-21-19(20-22-23)17-12-8-7-9-15(17)3/h4-12,14H,13H2,1-3H3. The van der Waals surface area contributed by atoms with Crippen LogP contribution >= 0.6 is 0 Å². The fraction of sp³-hybridized carbons (Fsp3) is 0.263. The molecule has 0 unspecified atom stereocenters. The Bertz CT molecular complexity index is 857. The molecule has 1 aromatic heterocycles. The number of hydrogen-bond acceptors (Lipinski definition) is 4. The fourth-order valence-corrected chi connectivity index (χ4v) is 2.76. The van der Waals surface area contributed by atoms with Crippen LogP contribution in [0.5, 0.6) is 0 Å². The molecule has 0 aliphatic heterocycles. The molecule has 3 rings (SSSR count). The molecule has 25 heavy (non-hydrogen) atoms. The van der Waals surface area contributed by atoms with Crippen LogP contribution in [0.4, 0.5) is 5.69 Å². The summed E-state index contributed by atoms with van der Waals surface area (Å²) in [6.45, 7) is 6.01. The number of carbonyl (C=O) groups excluding carboxylic acids is 1. The molecule has 0 bridgehead atoms. The zero-order valence-corrected chi connectivity index (χ0v) is 14.6. The summed E-state index contributed by atoms with van der Waals surface area (Å²) in [4.78, 5) is 15.9. The van der Waals surface area contributed by atoms with Crippen molar-refractivity contribution < 1.29 is 4.79 Å². The Labute approximate surface area is 147 Å². The van der Waals surface area contributed by atoms with Gasteiger partial charge in [-0.05, 0) is 43.7 Å². The van der Waals surface area contributed by atoms with Gasteiger partial charge < -0.3 is 4.90 Å². The van der Waals surface area contributed by atoms with Crippen LogP contribution < -0.4 is 4.90 Å². The van der Waals surface area contributed by atoms with Gasteiger partial charge in [0, 0.05) is 17.3 Å². The average molecular weight is 335 g/mol. The minimum Gasteiger partial charge on any atom is -0.308 e. The molecule has 3 aromatic rings. The van der Waals surface area contributed by atoms with E-state index in [-0.39, 0.29) is 18.5 Å². The lowest BCUT2D eigenvalue weighted by atomic mass is 10.1. The van der Waals surface area contributed by atoms with Crippen molar-refractivity contribution in [1.82, 2.24) is 20.2 Å². The molecule has 0 atom stereocenters. The first kappa shape index (κ1) is 16.8. The van der Waals surface area contributed by atoms with Crippen LogP contribution in [0.2, 0.25) is 0 Å².